The Morgan fingerprint density at radius 3 is 2.50 bits per heavy atom. The van der Waals surface area contributed by atoms with Crippen LogP contribution < -0.4 is 0 Å². The number of methoxy groups -OCH3 is 2. The minimum Gasteiger partial charge on any atom is -0.469 e. The van der Waals surface area contributed by atoms with E-state index in [0.29, 0.717) is 31.7 Å². The maximum atomic E-state index is 11.2. The Hall–Kier alpha value is -1.90. The molecule has 0 aliphatic carbocycles. The summed E-state index contributed by atoms with van der Waals surface area (Å²) in [6.45, 7) is 2.69. The Kier molecular flexibility index (Phi) is 7.33. The molecule has 0 N–H and O–H groups in total. The van der Waals surface area contributed by atoms with Gasteiger partial charge >= 0.3 is 5.97 Å². The molecule has 5 heteroatoms. The van der Waals surface area contributed by atoms with Crippen molar-refractivity contribution in [3.05, 3.63) is 35.4 Å². The number of esters is 1. The van der Waals surface area contributed by atoms with Crippen LogP contribution in [0.1, 0.15) is 17.5 Å². The van der Waals surface area contributed by atoms with Crippen molar-refractivity contribution in [1.29, 1.82) is 5.26 Å². The van der Waals surface area contributed by atoms with Gasteiger partial charge in [-0.25, -0.2) is 0 Å². The predicted molar refractivity (Wildman–Crippen MR) is 74.9 cm³/mol. The molecule has 1 rings (SSSR count). The van der Waals surface area contributed by atoms with Crippen LogP contribution in [0.3, 0.4) is 0 Å². The van der Waals surface area contributed by atoms with Gasteiger partial charge in [-0.1, -0.05) is 12.1 Å². The highest BCUT2D eigenvalue weighted by molar-refractivity contribution is 5.69. The Morgan fingerprint density at radius 1 is 1.25 bits per heavy atom. The average Bonchev–Trinajstić information content (AvgIpc) is 2.50. The van der Waals surface area contributed by atoms with Gasteiger partial charge in [0.25, 0.3) is 0 Å². The summed E-state index contributed by atoms with van der Waals surface area (Å²) in [7, 11) is 3.04. The number of hydrogen-bond acceptors (Lipinski definition) is 5. The lowest BCUT2D eigenvalue weighted by atomic mass is 10.1. The van der Waals surface area contributed by atoms with Crippen LogP contribution in [0.5, 0.6) is 0 Å². The zero-order valence-electron chi connectivity index (χ0n) is 12.0. The summed E-state index contributed by atoms with van der Waals surface area (Å²) in [4.78, 5) is 13.3. The van der Waals surface area contributed by atoms with Gasteiger partial charge in [0.15, 0.2) is 0 Å². The van der Waals surface area contributed by atoms with Crippen LogP contribution in [0, 0.1) is 11.3 Å². The summed E-state index contributed by atoms with van der Waals surface area (Å²) in [6.07, 6.45) is 0.358. The first kappa shape index (κ1) is 16.2. The zero-order chi connectivity index (χ0) is 14.8. The lowest BCUT2D eigenvalue weighted by Gasteiger charge is -2.21. The van der Waals surface area contributed by atoms with Gasteiger partial charge in [-0.2, -0.15) is 5.26 Å². The number of nitriles is 1. The van der Waals surface area contributed by atoms with E-state index in [9.17, 15) is 4.79 Å². The van der Waals surface area contributed by atoms with Gasteiger partial charge in [-0.3, -0.25) is 9.69 Å². The van der Waals surface area contributed by atoms with Crippen molar-refractivity contribution in [1.82, 2.24) is 4.90 Å². The van der Waals surface area contributed by atoms with E-state index < -0.39 is 0 Å². The zero-order valence-corrected chi connectivity index (χ0v) is 12.0. The van der Waals surface area contributed by atoms with Crippen molar-refractivity contribution in [3.8, 4) is 6.07 Å². The molecule has 0 bridgehead atoms. The van der Waals surface area contributed by atoms with Gasteiger partial charge in [0.1, 0.15) is 0 Å². The fourth-order valence-corrected chi connectivity index (χ4v) is 1.78. The molecule has 0 aliphatic heterocycles. The SMILES string of the molecule is COCCN(CCC(=O)OC)Cc1ccc(C#N)cc1. The summed E-state index contributed by atoms with van der Waals surface area (Å²) < 4.78 is 9.73. The topological polar surface area (TPSA) is 62.6 Å². The molecule has 0 atom stereocenters. The molecule has 0 saturated heterocycles. The second-order valence-corrected chi connectivity index (χ2v) is 4.40. The number of nitrogens with zero attached hydrogens (tertiary/aromatic N) is 2. The van der Waals surface area contributed by atoms with Gasteiger partial charge in [0, 0.05) is 26.7 Å². The Labute approximate surface area is 119 Å². The van der Waals surface area contributed by atoms with E-state index in [1.807, 2.05) is 12.1 Å². The first-order valence-electron chi connectivity index (χ1n) is 6.46. The fourth-order valence-electron chi connectivity index (χ4n) is 1.78. The smallest absolute Gasteiger partial charge is 0.306 e. The van der Waals surface area contributed by atoms with Crippen molar-refractivity contribution < 1.29 is 14.3 Å². The highest BCUT2D eigenvalue weighted by Crippen LogP contribution is 2.08. The number of ether oxygens (including phenoxy) is 2. The average molecular weight is 276 g/mol. The summed E-state index contributed by atoms with van der Waals surface area (Å²) >= 11 is 0. The third-order valence-electron chi connectivity index (χ3n) is 2.96. The maximum absolute atomic E-state index is 11.2. The summed E-state index contributed by atoms with van der Waals surface area (Å²) in [5.41, 5.74) is 1.75. The molecule has 0 unspecified atom stereocenters. The van der Waals surface area contributed by atoms with Gasteiger partial charge in [-0.15, -0.1) is 0 Å². The van der Waals surface area contributed by atoms with Crippen molar-refractivity contribution in [3.63, 3.8) is 0 Å². The molecule has 0 saturated carbocycles. The molecule has 1 aromatic carbocycles. The molecule has 0 heterocycles. The van der Waals surface area contributed by atoms with Crippen LogP contribution in [0.15, 0.2) is 24.3 Å². The standard InChI is InChI=1S/C15H20N2O3/c1-19-10-9-17(8-7-15(18)20-2)12-14-5-3-13(11-16)4-6-14/h3-6H,7-10,12H2,1-2H3. The third-order valence-corrected chi connectivity index (χ3v) is 2.96. The number of carbonyl (C=O) groups is 1. The lowest BCUT2D eigenvalue weighted by Crippen LogP contribution is -2.29. The fraction of sp³-hybridized carbons (Fsp3) is 0.467. The maximum Gasteiger partial charge on any atom is 0.306 e. The normalized spacial score (nSPS) is 10.3. The summed E-state index contributed by atoms with van der Waals surface area (Å²) in [5, 5.41) is 8.77. The monoisotopic (exact) mass is 276 g/mol. The molecule has 0 spiro atoms. The Balaban J connectivity index is 2.57. The van der Waals surface area contributed by atoms with Crippen molar-refractivity contribution in [2.24, 2.45) is 0 Å². The largest absolute Gasteiger partial charge is 0.469 e. The summed E-state index contributed by atoms with van der Waals surface area (Å²) in [5.74, 6) is -0.216. The quantitative estimate of drug-likeness (QED) is 0.674. The molecule has 1 aromatic rings. The van der Waals surface area contributed by atoms with Crippen LogP contribution in [-0.4, -0.2) is 44.8 Å². The first-order valence-corrected chi connectivity index (χ1v) is 6.46. The molecular weight excluding hydrogens is 256 g/mol. The van der Waals surface area contributed by atoms with E-state index in [0.717, 1.165) is 12.1 Å². The van der Waals surface area contributed by atoms with E-state index in [4.69, 9.17) is 10.00 Å². The van der Waals surface area contributed by atoms with E-state index in [-0.39, 0.29) is 5.97 Å². The summed E-state index contributed by atoms with van der Waals surface area (Å²) in [6, 6.07) is 9.54. The van der Waals surface area contributed by atoms with Crippen LogP contribution in [0.2, 0.25) is 0 Å². The van der Waals surface area contributed by atoms with E-state index in [1.54, 1.807) is 19.2 Å². The van der Waals surface area contributed by atoms with Crippen LogP contribution in [0.4, 0.5) is 0 Å². The third kappa shape index (κ3) is 5.83. The van der Waals surface area contributed by atoms with Crippen molar-refractivity contribution >= 4 is 5.97 Å². The Bertz CT molecular complexity index is 451. The molecule has 108 valence electrons. The van der Waals surface area contributed by atoms with Crippen molar-refractivity contribution in [2.75, 3.05) is 33.9 Å². The molecule has 5 nitrogen and oxygen atoms in total. The lowest BCUT2D eigenvalue weighted by molar-refractivity contribution is -0.141. The number of hydrogen-bond donors (Lipinski definition) is 0. The molecule has 0 fully saturated rings. The molecule has 20 heavy (non-hydrogen) atoms. The van der Waals surface area contributed by atoms with E-state index in [1.165, 1.54) is 7.11 Å². The minimum absolute atomic E-state index is 0.216. The van der Waals surface area contributed by atoms with Gasteiger partial charge in [-0.05, 0) is 17.7 Å². The number of rotatable bonds is 8. The molecule has 0 radical (unpaired) electrons. The highest BCUT2D eigenvalue weighted by atomic mass is 16.5. The van der Waals surface area contributed by atoms with Crippen molar-refractivity contribution in [2.45, 2.75) is 13.0 Å². The van der Waals surface area contributed by atoms with E-state index >= 15 is 0 Å². The Morgan fingerprint density at radius 2 is 1.95 bits per heavy atom. The van der Waals surface area contributed by atoms with Crippen LogP contribution >= 0.6 is 0 Å². The van der Waals surface area contributed by atoms with E-state index in [2.05, 4.69) is 15.7 Å². The second-order valence-electron chi connectivity index (χ2n) is 4.40. The van der Waals surface area contributed by atoms with Gasteiger partial charge in [0.05, 0.1) is 31.8 Å². The molecule has 0 aliphatic rings. The van der Waals surface area contributed by atoms with Crippen LogP contribution in [-0.2, 0) is 20.8 Å². The molecule has 0 aromatic heterocycles. The van der Waals surface area contributed by atoms with Gasteiger partial charge in [0.2, 0.25) is 0 Å². The minimum atomic E-state index is -0.216. The second kappa shape index (κ2) is 9.08. The first-order chi connectivity index (χ1) is 9.69. The van der Waals surface area contributed by atoms with Gasteiger partial charge < -0.3 is 9.47 Å². The molecular formula is C15H20N2O3. The molecule has 0 amide bonds. The highest BCUT2D eigenvalue weighted by Gasteiger charge is 2.09. The number of carbonyl (C=O) groups excluding carboxylic acids is 1. The predicted octanol–water partition coefficient (Wildman–Crippen LogP) is 1.57. The number of benzene rings is 1. The van der Waals surface area contributed by atoms with Crippen LogP contribution in [0.25, 0.3) is 0 Å².